The molecule has 0 radical (unpaired) electrons. The predicted molar refractivity (Wildman–Crippen MR) is 65.4 cm³/mol. The average Bonchev–Trinajstić information content (AvgIpc) is 2.24. The van der Waals surface area contributed by atoms with E-state index in [1.54, 1.807) is 0 Å². The van der Waals surface area contributed by atoms with Crippen LogP contribution < -0.4 is 4.74 Å². The van der Waals surface area contributed by atoms with Crippen molar-refractivity contribution in [1.82, 2.24) is 0 Å². The third kappa shape index (κ3) is 3.27. The summed E-state index contributed by atoms with van der Waals surface area (Å²) >= 11 is 0. The molecular formula is C14H19NO. The van der Waals surface area contributed by atoms with E-state index in [-0.39, 0.29) is 5.41 Å². The highest BCUT2D eigenvalue weighted by molar-refractivity contribution is 5.38. The van der Waals surface area contributed by atoms with Crippen LogP contribution in [0, 0.1) is 30.6 Å². The van der Waals surface area contributed by atoms with Crippen LogP contribution >= 0.6 is 0 Å². The van der Waals surface area contributed by atoms with Gasteiger partial charge in [-0.1, -0.05) is 12.1 Å². The molecule has 2 nitrogen and oxygen atoms in total. The molecular weight excluding hydrogens is 198 g/mol. The fourth-order valence-electron chi connectivity index (χ4n) is 1.35. The standard InChI is InChI=1S/C14H19NO/c1-11-6-5-7-13(12(11)2)16-9-8-14(3,4)10-15/h5-7H,8-9H2,1-4H3. The van der Waals surface area contributed by atoms with Crippen molar-refractivity contribution in [2.75, 3.05) is 6.61 Å². The number of hydrogen-bond donors (Lipinski definition) is 0. The highest BCUT2D eigenvalue weighted by atomic mass is 16.5. The summed E-state index contributed by atoms with van der Waals surface area (Å²) in [4.78, 5) is 0. The molecule has 1 rings (SSSR count). The lowest BCUT2D eigenvalue weighted by atomic mass is 9.92. The molecule has 0 heterocycles. The summed E-state index contributed by atoms with van der Waals surface area (Å²) in [6.07, 6.45) is 0.747. The molecule has 0 N–H and O–H groups in total. The molecule has 0 unspecified atom stereocenters. The van der Waals surface area contributed by atoms with E-state index in [4.69, 9.17) is 10.00 Å². The second-order valence-electron chi connectivity index (χ2n) is 4.79. The van der Waals surface area contributed by atoms with Gasteiger partial charge < -0.3 is 4.74 Å². The topological polar surface area (TPSA) is 33.0 Å². The molecule has 0 aromatic heterocycles. The summed E-state index contributed by atoms with van der Waals surface area (Å²) in [5.74, 6) is 0.925. The fraction of sp³-hybridized carbons (Fsp3) is 0.500. The van der Waals surface area contributed by atoms with Crippen molar-refractivity contribution < 1.29 is 4.74 Å². The molecule has 0 saturated heterocycles. The number of ether oxygens (including phenoxy) is 1. The van der Waals surface area contributed by atoms with Gasteiger partial charge in [0, 0.05) is 0 Å². The third-order valence-electron chi connectivity index (χ3n) is 2.84. The molecule has 0 fully saturated rings. The van der Waals surface area contributed by atoms with Crippen molar-refractivity contribution in [2.45, 2.75) is 34.1 Å². The zero-order chi connectivity index (χ0) is 12.2. The van der Waals surface area contributed by atoms with Crippen LogP contribution in [0.1, 0.15) is 31.4 Å². The molecule has 0 atom stereocenters. The third-order valence-corrected chi connectivity index (χ3v) is 2.84. The summed E-state index contributed by atoms with van der Waals surface area (Å²) in [6, 6.07) is 8.31. The first-order valence-corrected chi connectivity index (χ1v) is 5.56. The highest BCUT2D eigenvalue weighted by Gasteiger charge is 2.16. The number of rotatable bonds is 4. The van der Waals surface area contributed by atoms with E-state index in [0.717, 1.165) is 12.2 Å². The minimum atomic E-state index is -0.308. The fourth-order valence-corrected chi connectivity index (χ4v) is 1.35. The molecule has 86 valence electrons. The Labute approximate surface area is 97.9 Å². The maximum atomic E-state index is 8.88. The van der Waals surface area contributed by atoms with Gasteiger partial charge in [-0.25, -0.2) is 0 Å². The van der Waals surface area contributed by atoms with Crippen LogP contribution in [-0.4, -0.2) is 6.61 Å². The van der Waals surface area contributed by atoms with E-state index in [1.807, 2.05) is 26.0 Å². The average molecular weight is 217 g/mol. The number of nitrogens with zero attached hydrogens (tertiary/aromatic N) is 1. The zero-order valence-electron chi connectivity index (χ0n) is 10.5. The van der Waals surface area contributed by atoms with Gasteiger partial charge in [0.25, 0.3) is 0 Å². The smallest absolute Gasteiger partial charge is 0.122 e. The van der Waals surface area contributed by atoms with Crippen LogP contribution in [0.5, 0.6) is 5.75 Å². The van der Waals surface area contributed by atoms with Crippen LogP contribution in [-0.2, 0) is 0 Å². The van der Waals surface area contributed by atoms with Crippen molar-refractivity contribution in [2.24, 2.45) is 5.41 Å². The minimum Gasteiger partial charge on any atom is -0.493 e. The largest absolute Gasteiger partial charge is 0.493 e. The SMILES string of the molecule is Cc1cccc(OCCC(C)(C)C#N)c1C. The van der Waals surface area contributed by atoms with E-state index >= 15 is 0 Å². The maximum Gasteiger partial charge on any atom is 0.122 e. The first-order valence-electron chi connectivity index (χ1n) is 5.56. The lowest BCUT2D eigenvalue weighted by Gasteiger charge is -2.16. The van der Waals surface area contributed by atoms with E-state index in [2.05, 4.69) is 26.0 Å². The van der Waals surface area contributed by atoms with Crippen LogP contribution in [0.4, 0.5) is 0 Å². The Morgan fingerprint density at radius 3 is 2.62 bits per heavy atom. The molecule has 0 aliphatic heterocycles. The number of nitriles is 1. The highest BCUT2D eigenvalue weighted by Crippen LogP contribution is 2.23. The summed E-state index contributed by atoms with van der Waals surface area (Å²) in [5.41, 5.74) is 2.10. The van der Waals surface area contributed by atoms with Crippen LogP contribution in [0.25, 0.3) is 0 Å². The normalized spacial score (nSPS) is 10.9. The second-order valence-corrected chi connectivity index (χ2v) is 4.79. The van der Waals surface area contributed by atoms with Gasteiger partial charge in [-0.15, -0.1) is 0 Å². The Balaban J connectivity index is 2.57. The summed E-state index contributed by atoms with van der Waals surface area (Å²) in [7, 11) is 0. The molecule has 1 aromatic carbocycles. The van der Waals surface area contributed by atoms with Gasteiger partial charge in [-0.05, 0) is 51.3 Å². The van der Waals surface area contributed by atoms with E-state index in [0.29, 0.717) is 6.61 Å². The van der Waals surface area contributed by atoms with Crippen molar-refractivity contribution in [1.29, 1.82) is 5.26 Å². The maximum absolute atomic E-state index is 8.88. The Morgan fingerprint density at radius 2 is 2.00 bits per heavy atom. The van der Waals surface area contributed by atoms with Gasteiger partial charge in [0.2, 0.25) is 0 Å². The molecule has 0 spiro atoms. The number of aryl methyl sites for hydroxylation is 1. The van der Waals surface area contributed by atoms with Crippen molar-refractivity contribution in [3.8, 4) is 11.8 Å². The Kier molecular flexibility index (Phi) is 3.95. The number of benzene rings is 1. The van der Waals surface area contributed by atoms with Gasteiger partial charge in [0.15, 0.2) is 0 Å². The summed E-state index contributed by atoms with van der Waals surface area (Å²) in [5, 5.41) is 8.88. The van der Waals surface area contributed by atoms with Crippen molar-refractivity contribution >= 4 is 0 Å². The van der Waals surface area contributed by atoms with Crippen LogP contribution in [0.2, 0.25) is 0 Å². The monoisotopic (exact) mass is 217 g/mol. The first-order chi connectivity index (χ1) is 7.46. The quantitative estimate of drug-likeness (QED) is 0.771. The predicted octanol–water partition coefficient (Wildman–Crippen LogP) is 3.62. The van der Waals surface area contributed by atoms with E-state index < -0.39 is 0 Å². The van der Waals surface area contributed by atoms with E-state index in [9.17, 15) is 0 Å². The Hall–Kier alpha value is -1.49. The van der Waals surface area contributed by atoms with Gasteiger partial charge in [-0.2, -0.15) is 5.26 Å². The Morgan fingerprint density at radius 1 is 1.31 bits per heavy atom. The molecule has 0 aliphatic rings. The zero-order valence-corrected chi connectivity index (χ0v) is 10.5. The molecule has 0 saturated carbocycles. The van der Waals surface area contributed by atoms with Gasteiger partial charge in [0.05, 0.1) is 18.1 Å². The van der Waals surface area contributed by atoms with E-state index in [1.165, 1.54) is 11.1 Å². The molecule has 16 heavy (non-hydrogen) atoms. The second kappa shape index (κ2) is 5.03. The van der Waals surface area contributed by atoms with Crippen LogP contribution in [0.3, 0.4) is 0 Å². The van der Waals surface area contributed by atoms with Gasteiger partial charge in [0.1, 0.15) is 5.75 Å². The lowest BCUT2D eigenvalue weighted by molar-refractivity contribution is 0.263. The van der Waals surface area contributed by atoms with Crippen molar-refractivity contribution in [3.63, 3.8) is 0 Å². The lowest BCUT2D eigenvalue weighted by Crippen LogP contribution is -2.13. The molecule has 1 aromatic rings. The summed E-state index contributed by atoms with van der Waals surface area (Å²) in [6.45, 7) is 8.57. The summed E-state index contributed by atoms with van der Waals surface area (Å²) < 4.78 is 5.70. The Bertz CT molecular complexity index is 402. The first kappa shape index (κ1) is 12.6. The molecule has 0 amide bonds. The number of hydrogen-bond acceptors (Lipinski definition) is 2. The van der Waals surface area contributed by atoms with Gasteiger partial charge in [-0.3, -0.25) is 0 Å². The minimum absolute atomic E-state index is 0.308. The molecule has 0 bridgehead atoms. The molecule has 2 heteroatoms. The molecule has 0 aliphatic carbocycles. The van der Waals surface area contributed by atoms with Gasteiger partial charge >= 0.3 is 0 Å². The van der Waals surface area contributed by atoms with Crippen molar-refractivity contribution in [3.05, 3.63) is 29.3 Å². The van der Waals surface area contributed by atoms with Crippen LogP contribution in [0.15, 0.2) is 18.2 Å².